The molecule has 1 radical (unpaired) electrons. The van der Waals surface area contributed by atoms with Crippen LogP contribution in [0.3, 0.4) is 0 Å². The van der Waals surface area contributed by atoms with Crippen LogP contribution in [0.1, 0.15) is 0 Å². The Kier molecular flexibility index (Phi) is 2.55. The van der Waals surface area contributed by atoms with Crippen molar-refractivity contribution in [3.63, 3.8) is 0 Å². The SMILES string of the molecule is O=S(=O)(c1ccccc1)N1C=[N+]C=CC1. The molecule has 77 valence electrons. The summed E-state index contributed by atoms with van der Waals surface area (Å²) in [6.07, 6.45) is 4.60. The third kappa shape index (κ3) is 1.92. The number of sulfonamides is 1. The second-order valence-electron chi connectivity index (χ2n) is 3.04. The predicted octanol–water partition coefficient (Wildman–Crippen LogP) is 0.569. The quantitative estimate of drug-likeness (QED) is 0.734. The van der Waals surface area contributed by atoms with E-state index in [0.717, 1.165) is 0 Å². The summed E-state index contributed by atoms with van der Waals surface area (Å²) < 4.78 is 25.2. The summed E-state index contributed by atoms with van der Waals surface area (Å²) >= 11 is 0. The Bertz CT molecular complexity index is 491. The van der Waals surface area contributed by atoms with Gasteiger partial charge in [-0.2, -0.15) is 8.42 Å². The molecule has 5 heteroatoms. The van der Waals surface area contributed by atoms with Crippen LogP contribution in [-0.2, 0) is 10.0 Å². The minimum Gasteiger partial charge on any atom is -0.179 e. The van der Waals surface area contributed by atoms with E-state index in [4.69, 9.17) is 0 Å². The first-order valence-corrected chi connectivity index (χ1v) is 5.90. The van der Waals surface area contributed by atoms with Crippen molar-refractivity contribution >= 4 is 16.4 Å². The lowest BCUT2D eigenvalue weighted by molar-refractivity contribution is 0.541. The van der Waals surface area contributed by atoms with Gasteiger partial charge in [-0.15, -0.1) is 4.31 Å². The van der Waals surface area contributed by atoms with Gasteiger partial charge in [-0.25, -0.2) is 0 Å². The van der Waals surface area contributed by atoms with Crippen LogP contribution in [0.25, 0.3) is 0 Å². The predicted molar refractivity (Wildman–Crippen MR) is 57.7 cm³/mol. The van der Waals surface area contributed by atoms with Gasteiger partial charge in [0.25, 0.3) is 6.34 Å². The number of rotatable bonds is 2. The van der Waals surface area contributed by atoms with Crippen molar-refractivity contribution in [2.45, 2.75) is 4.90 Å². The van der Waals surface area contributed by atoms with E-state index in [1.165, 1.54) is 10.6 Å². The molecule has 1 aliphatic heterocycles. The molecule has 0 saturated carbocycles. The highest BCUT2D eigenvalue weighted by Gasteiger charge is 2.28. The molecular formula is C10H10N2O2S+. The first kappa shape index (κ1) is 9.92. The van der Waals surface area contributed by atoms with Crippen LogP contribution in [0.4, 0.5) is 0 Å². The highest BCUT2D eigenvalue weighted by atomic mass is 32.2. The molecular weight excluding hydrogens is 212 g/mol. The van der Waals surface area contributed by atoms with Crippen LogP contribution in [0.15, 0.2) is 47.5 Å². The van der Waals surface area contributed by atoms with Crippen molar-refractivity contribution in [1.29, 1.82) is 0 Å². The van der Waals surface area contributed by atoms with E-state index in [2.05, 4.69) is 4.99 Å². The average Bonchev–Trinajstić information content (AvgIpc) is 2.31. The lowest BCUT2D eigenvalue weighted by atomic mass is 10.4. The number of nitrogens with zero attached hydrogens (tertiary/aromatic N) is 2. The summed E-state index contributed by atoms with van der Waals surface area (Å²) in [5.74, 6) is 0. The number of benzene rings is 1. The Morgan fingerprint density at radius 1 is 1.20 bits per heavy atom. The molecule has 0 spiro atoms. The molecule has 0 fully saturated rings. The Hall–Kier alpha value is -1.62. The highest BCUT2D eigenvalue weighted by Crippen LogP contribution is 2.13. The van der Waals surface area contributed by atoms with Crippen molar-refractivity contribution in [3.05, 3.63) is 42.6 Å². The summed E-state index contributed by atoms with van der Waals surface area (Å²) in [6, 6.07) is 8.32. The molecule has 1 aromatic carbocycles. The fraction of sp³-hybridized carbons (Fsp3) is 0.100. The van der Waals surface area contributed by atoms with Gasteiger partial charge in [0, 0.05) is 6.08 Å². The van der Waals surface area contributed by atoms with Gasteiger partial charge in [0.15, 0.2) is 0 Å². The maximum absolute atomic E-state index is 12.0. The normalized spacial score (nSPS) is 15.6. The molecule has 0 amide bonds. The summed E-state index contributed by atoms with van der Waals surface area (Å²) in [6.45, 7) is 0.334. The molecule has 15 heavy (non-hydrogen) atoms. The van der Waals surface area contributed by atoms with Gasteiger partial charge in [-0.05, 0) is 12.1 Å². The number of hydrogen-bond donors (Lipinski definition) is 0. The first-order chi connectivity index (χ1) is 7.21. The Balaban J connectivity index is 2.36. The maximum atomic E-state index is 12.0. The van der Waals surface area contributed by atoms with Gasteiger partial charge in [0.1, 0.15) is 17.6 Å². The summed E-state index contributed by atoms with van der Waals surface area (Å²) in [5.41, 5.74) is 0. The molecule has 2 rings (SSSR count). The van der Waals surface area contributed by atoms with Gasteiger partial charge < -0.3 is 0 Å². The fourth-order valence-electron chi connectivity index (χ4n) is 1.26. The fourth-order valence-corrected chi connectivity index (χ4v) is 2.49. The standard InChI is InChI=1S/C10H10N2O2S/c13-15(14,10-5-2-1-3-6-10)12-8-4-7-11-9-12/h1-7,9H,8H2/q+1. The minimum absolute atomic E-state index is 0.284. The van der Waals surface area contributed by atoms with E-state index in [-0.39, 0.29) is 4.90 Å². The second-order valence-corrected chi connectivity index (χ2v) is 4.93. The summed E-state index contributed by atoms with van der Waals surface area (Å²) in [7, 11) is -3.43. The van der Waals surface area contributed by atoms with Gasteiger partial charge in [0.2, 0.25) is 0 Å². The monoisotopic (exact) mass is 222 g/mol. The van der Waals surface area contributed by atoms with Gasteiger partial charge in [-0.3, -0.25) is 0 Å². The zero-order valence-corrected chi connectivity index (χ0v) is 8.76. The van der Waals surface area contributed by atoms with E-state index < -0.39 is 10.0 Å². The molecule has 1 heterocycles. The lowest BCUT2D eigenvalue weighted by Gasteiger charge is -2.11. The van der Waals surface area contributed by atoms with Crippen molar-refractivity contribution in [2.24, 2.45) is 0 Å². The van der Waals surface area contributed by atoms with Crippen LogP contribution in [0, 0.1) is 0 Å². The summed E-state index contributed by atoms with van der Waals surface area (Å²) in [5, 5.41) is 0. The van der Waals surface area contributed by atoms with E-state index >= 15 is 0 Å². The van der Waals surface area contributed by atoms with E-state index in [9.17, 15) is 8.42 Å². The second kappa shape index (κ2) is 3.86. The van der Waals surface area contributed by atoms with Crippen LogP contribution in [0.2, 0.25) is 0 Å². The minimum atomic E-state index is -3.43. The molecule has 0 atom stereocenters. The lowest BCUT2D eigenvalue weighted by Crippen LogP contribution is -2.32. The van der Waals surface area contributed by atoms with Crippen LogP contribution >= 0.6 is 0 Å². The first-order valence-electron chi connectivity index (χ1n) is 4.46. The molecule has 0 N–H and O–H groups in total. The van der Waals surface area contributed by atoms with E-state index in [0.29, 0.717) is 6.54 Å². The topological polar surface area (TPSA) is 51.5 Å². The molecule has 1 aliphatic rings. The highest BCUT2D eigenvalue weighted by molar-refractivity contribution is 7.89. The molecule has 0 aromatic heterocycles. The van der Waals surface area contributed by atoms with Gasteiger partial charge in [-0.1, -0.05) is 23.2 Å². The van der Waals surface area contributed by atoms with Crippen molar-refractivity contribution in [3.8, 4) is 0 Å². The van der Waals surface area contributed by atoms with Gasteiger partial charge >= 0.3 is 10.0 Å². The smallest absolute Gasteiger partial charge is 0.179 e. The van der Waals surface area contributed by atoms with E-state index in [1.54, 1.807) is 42.6 Å². The molecule has 0 saturated heterocycles. The molecule has 4 nitrogen and oxygen atoms in total. The summed E-state index contributed by atoms with van der Waals surface area (Å²) in [4.78, 5) is 4.08. The Morgan fingerprint density at radius 2 is 1.93 bits per heavy atom. The van der Waals surface area contributed by atoms with Crippen LogP contribution < -0.4 is 4.99 Å². The number of aliphatic imine (C=N–C) groups is 1. The van der Waals surface area contributed by atoms with Crippen molar-refractivity contribution in [1.82, 2.24) is 9.30 Å². The molecule has 0 aliphatic carbocycles. The Labute approximate surface area is 88.6 Å². The van der Waals surface area contributed by atoms with E-state index in [1.807, 2.05) is 0 Å². The zero-order valence-electron chi connectivity index (χ0n) is 7.95. The van der Waals surface area contributed by atoms with Crippen LogP contribution in [-0.4, -0.2) is 25.6 Å². The molecule has 0 unspecified atom stereocenters. The zero-order chi connectivity index (χ0) is 10.7. The molecule has 1 aromatic rings. The van der Waals surface area contributed by atoms with Crippen molar-refractivity contribution in [2.75, 3.05) is 6.54 Å². The maximum Gasteiger partial charge on any atom is 0.330 e. The Morgan fingerprint density at radius 3 is 2.53 bits per heavy atom. The number of hydrogen-bond acceptors (Lipinski definition) is 3. The van der Waals surface area contributed by atoms with Gasteiger partial charge in [0.05, 0.1) is 0 Å². The molecule has 0 bridgehead atoms. The van der Waals surface area contributed by atoms with Crippen molar-refractivity contribution < 1.29 is 8.42 Å². The third-order valence-corrected chi connectivity index (χ3v) is 3.75. The third-order valence-electron chi connectivity index (χ3n) is 2.02. The average molecular weight is 222 g/mol. The largest absolute Gasteiger partial charge is 0.330 e. The van der Waals surface area contributed by atoms with Crippen LogP contribution in [0.5, 0.6) is 0 Å².